The van der Waals surface area contributed by atoms with Crippen LogP contribution in [0, 0.1) is 0 Å². The Morgan fingerprint density at radius 2 is 1.06 bits per heavy atom. The van der Waals surface area contributed by atoms with Gasteiger partial charge in [-0.05, 0) is 45.9 Å². The molecule has 1 aliphatic heterocycles. The maximum atomic E-state index is 5.32. The van der Waals surface area contributed by atoms with E-state index in [9.17, 15) is 0 Å². The molecule has 4 heteroatoms. The van der Waals surface area contributed by atoms with E-state index in [-0.39, 0.29) is 0 Å². The van der Waals surface area contributed by atoms with Crippen LogP contribution in [-0.4, -0.2) is 0 Å². The van der Waals surface area contributed by atoms with Gasteiger partial charge in [0.2, 0.25) is 0 Å². The summed E-state index contributed by atoms with van der Waals surface area (Å²) < 4.78 is 0. The van der Waals surface area contributed by atoms with Crippen molar-refractivity contribution in [2.75, 3.05) is 0 Å². The lowest BCUT2D eigenvalue weighted by Gasteiger charge is -2.15. The van der Waals surface area contributed by atoms with Gasteiger partial charge in [-0.25, -0.2) is 0 Å². The van der Waals surface area contributed by atoms with E-state index in [0.717, 1.165) is 21.3 Å². The Balaban J connectivity index is 1.97. The van der Waals surface area contributed by atoms with Crippen LogP contribution in [0.5, 0.6) is 11.5 Å². The van der Waals surface area contributed by atoms with Crippen molar-refractivity contribution in [1.82, 2.24) is 0 Å². The lowest BCUT2D eigenvalue weighted by Crippen LogP contribution is -2.03. The van der Waals surface area contributed by atoms with Crippen LogP contribution in [0.3, 0.4) is 0 Å². The number of benzene rings is 2. The van der Waals surface area contributed by atoms with Gasteiger partial charge in [-0.1, -0.05) is 24.3 Å². The molecular formula is C12H8O2S2. The highest BCUT2D eigenvalue weighted by molar-refractivity contribution is 8.76. The van der Waals surface area contributed by atoms with E-state index in [4.69, 9.17) is 9.78 Å². The molecule has 16 heavy (non-hydrogen) atoms. The highest BCUT2D eigenvalue weighted by Crippen LogP contribution is 2.46. The summed E-state index contributed by atoms with van der Waals surface area (Å²) in [4.78, 5) is 12.8. The summed E-state index contributed by atoms with van der Waals surface area (Å²) in [7, 11) is 3.35. The van der Waals surface area contributed by atoms with E-state index in [2.05, 4.69) is 0 Å². The molecule has 2 nitrogen and oxygen atoms in total. The number of para-hydroxylation sites is 2. The first-order chi connectivity index (χ1) is 7.93. The second-order valence-corrected chi connectivity index (χ2v) is 5.44. The van der Waals surface area contributed by atoms with E-state index in [1.807, 2.05) is 48.5 Å². The summed E-state index contributed by atoms with van der Waals surface area (Å²) in [5.74, 6) is 1.52. The van der Waals surface area contributed by atoms with E-state index in [1.54, 1.807) is 21.6 Å². The highest BCUT2D eigenvalue weighted by Gasteiger charge is 2.14. The zero-order chi connectivity index (χ0) is 10.8. The number of rotatable bonds is 0. The summed E-state index contributed by atoms with van der Waals surface area (Å²) in [6.45, 7) is 0. The van der Waals surface area contributed by atoms with Gasteiger partial charge in [-0.3, -0.25) is 9.78 Å². The van der Waals surface area contributed by atoms with Gasteiger partial charge in [-0.2, -0.15) is 0 Å². The third-order valence-corrected chi connectivity index (χ3v) is 4.59. The fraction of sp³-hybridized carbons (Fsp3) is 0. The van der Waals surface area contributed by atoms with Crippen LogP contribution in [-0.2, 0) is 0 Å². The maximum Gasteiger partial charge on any atom is 0.193 e. The molecule has 0 saturated carbocycles. The van der Waals surface area contributed by atoms with Crippen molar-refractivity contribution in [2.24, 2.45) is 0 Å². The molecule has 0 atom stereocenters. The number of hydrogen-bond donors (Lipinski definition) is 0. The first kappa shape index (κ1) is 9.93. The van der Waals surface area contributed by atoms with Crippen LogP contribution in [0.1, 0.15) is 0 Å². The lowest BCUT2D eigenvalue weighted by atomic mass is 10.3. The largest absolute Gasteiger partial charge is 0.289 e. The van der Waals surface area contributed by atoms with Crippen LogP contribution in [0.2, 0.25) is 0 Å². The van der Waals surface area contributed by atoms with Crippen LogP contribution in [0.15, 0.2) is 58.3 Å². The van der Waals surface area contributed by atoms with Gasteiger partial charge in [-0.15, -0.1) is 0 Å². The van der Waals surface area contributed by atoms with Crippen molar-refractivity contribution in [3.8, 4) is 11.5 Å². The first-order valence-electron chi connectivity index (χ1n) is 4.80. The van der Waals surface area contributed by atoms with Crippen LogP contribution >= 0.6 is 21.6 Å². The predicted octanol–water partition coefficient (Wildman–Crippen LogP) is 4.17. The predicted molar refractivity (Wildman–Crippen MR) is 65.9 cm³/mol. The highest BCUT2D eigenvalue weighted by atomic mass is 33.1. The molecule has 0 spiro atoms. The van der Waals surface area contributed by atoms with E-state index in [1.165, 1.54) is 0 Å². The SMILES string of the molecule is c1ccc2c(c1)OOc1ccccc1SS2. The minimum atomic E-state index is 0.759. The van der Waals surface area contributed by atoms with Crippen molar-refractivity contribution in [2.45, 2.75) is 9.79 Å². The molecular weight excluding hydrogens is 240 g/mol. The van der Waals surface area contributed by atoms with E-state index >= 15 is 0 Å². The number of fused-ring (bicyclic) bond motifs is 2. The fourth-order valence-electron chi connectivity index (χ4n) is 1.36. The molecule has 0 saturated heterocycles. The van der Waals surface area contributed by atoms with Gasteiger partial charge in [0.1, 0.15) is 0 Å². The van der Waals surface area contributed by atoms with Gasteiger partial charge in [0.25, 0.3) is 0 Å². The first-order valence-corrected chi connectivity index (χ1v) is 6.95. The molecule has 0 radical (unpaired) electrons. The summed E-state index contributed by atoms with van der Waals surface area (Å²) in [5.41, 5.74) is 0. The quantitative estimate of drug-likeness (QED) is 0.514. The summed E-state index contributed by atoms with van der Waals surface area (Å²) in [6, 6.07) is 15.7. The minimum Gasteiger partial charge on any atom is -0.289 e. The van der Waals surface area contributed by atoms with Gasteiger partial charge in [0, 0.05) is 0 Å². The molecule has 0 amide bonds. The average Bonchev–Trinajstić information content (AvgIpc) is 2.32. The van der Waals surface area contributed by atoms with E-state index < -0.39 is 0 Å². The second-order valence-electron chi connectivity index (χ2n) is 3.23. The van der Waals surface area contributed by atoms with Gasteiger partial charge in [0.05, 0.1) is 9.79 Å². The fourth-order valence-corrected chi connectivity index (χ4v) is 3.54. The van der Waals surface area contributed by atoms with Crippen molar-refractivity contribution in [3.05, 3.63) is 48.5 Å². The lowest BCUT2D eigenvalue weighted by molar-refractivity contribution is -0.105. The molecule has 2 aromatic rings. The Morgan fingerprint density at radius 3 is 1.56 bits per heavy atom. The average molecular weight is 248 g/mol. The molecule has 0 N–H and O–H groups in total. The van der Waals surface area contributed by atoms with Gasteiger partial charge >= 0.3 is 0 Å². The van der Waals surface area contributed by atoms with Crippen molar-refractivity contribution >= 4 is 21.6 Å². The van der Waals surface area contributed by atoms with Crippen molar-refractivity contribution in [3.63, 3.8) is 0 Å². The Morgan fingerprint density at radius 1 is 0.625 bits per heavy atom. The maximum absolute atomic E-state index is 5.32. The molecule has 0 fully saturated rings. The Bertz CT molecular complexity index is 420. The number of hydrogen-bond acceptors (Lipinski definition) is 4. The van der Waals surface area contributed by atoms with Gasteiger partial charge < -0.3 is 0 Å². The van der Waals surface area contributed by atoms with Gasteiger partial charge in [0.15, 0.2) is 11.5 Å². The summed E-state index contributed by atoms with van der Waals surface area (Å²) in [6.07, 6.45) is 0. The molecule has 1 heterocycles. The van der Waals surface area contributed by atoms with Crippen molar-refractivity contribution < 1.29 is 9.78 Å². The second kappa shape index (κ2) is 4.31. The molecule has 80 valence electrons. The zero-order valence-corrected chi connectivity index (χ0v) is 9.88. The molecule has 0 unspecified atom stereocenters. The summed E-state index contributed by atoms with van der Waals surface area (Å²) in [5, 5.41) is 0. The Labute approximate surface area is 101 Å². The Kier molecular flexibility index (Phi) is 2.68. The molecule has 1 aliphatic rings. The Hall–Kier alpha value is -1.26. The van der Waals surface area contributed by atoms with Crippen molar-refractivity contribution in [1.29, 1.82) is 0 Å². The molecule has 0 aromatic heterocycles. The summed E-state index contributed by atoms with van der Waals surface area (Å²) >= 11 is 0. The monoisotopic (exact) mass is 248 g/mol. The molecule has 3 rings (SSSR count). The topological polar surface area (TPSA) is 18.5 Å². The third-order valence-electron chi connectivity index (χ3n) is 2.14. The normalized spacial score (nSPS) is 13.5. The smallest absolute Gasteiger partial charge is 0.193 e. The molecule has 0 bridgehead atoms. The standard InChI is InChI=1S/C12H8O2S2/c1-3-7-11-9(5-1)13-14-10-6-2-4-8-12(10)16-15-11/h1-8H. The minimum absolute atomic E-state index is 0.759. The molecule has 2 aromatic carbocycles. The van der Waals surface area contributed by atoms with Crippen LogP contribution < -0.4 is 9.78 Å². The molecule has 0 aliphatic carbocycles. The third kappa shape index (κ3) is 1.86. The van der Waals surface area contributed by atoms with E-state index in [0.29, 0.717) is 0 Å². The zero-order valence-electron chi connectivity index (χ0n) is 8.25. The van der Waals surface area contributed by atoms with Crippen LogP contribution in [0.25, 0.3) is 0 Å². The van der Waals surface area contributed by atoms with Crippen LogP contribution in [0.4, 0.5) is 0 Å².